The fraction of sp³-hybridized carbons (Fsp3) is 0.231. The van der Waals surface area contributed by atoms with Crippen molar-refractivity contribution in [3.05, 3.63) is 47.2 Å². The highest BCUT2D eigenvalue weighted by Crippen LogP contribution is 2.17. The van der Waals surface area contributed by atoms with E-state index in [1.165, 1.54) is 6.26 Å². The number of carboxylic acids is 1. The molecule has 0 saturated heterocycles. The third-order valence-corrected chi connectivity index (χ3v) is 2.67. The molecule has 1 aromatic heterocycles. The maximum atomic E-state index is 11.0. The van der Waals surface area contributed by atoms with Gasteiger partial charge in [0, 0.05) is 11.1 Å². The average molecular weight is 232 g/mol. The summed E-state index contributed by atoms with van der Waals surface area (Å²) in [5.41, 5.74) is 4.07. The number of oxazole rings is 1. The quantitative estimate of drug-likeness (QED) is 0.807. The standard InChI is InChI=1S/C13H13NO3/c1-8-6-9(2)11(10(3)7-8)14-4-5-17-12(14)13(15)16/h4-7H,1-3H3/p+1. The predicted octanol–water partition coefficient (Wildman–Crippen LogP) is 2.18. The first-order chi connectivity index (χ1) is 8.00. The van der Waals surface area contributed by atoms with E-state index in [4.69, 9.17) is 9.52 Å². The zero-order valence-corrected chi connectivity index (χ0v) is 10.0. The number of hydrogen-bond acceptors (Lipinski definition) is 2. The Bertz CT molecular complexity index is 561. The Labute approximate surface area is 99.1 Å². The van der Waals surface area contributed by atoms with E-state index in [2.05, 4.69) is 0 Å². The Balaban J connectivity index is 2.69. The molecular weight excluding hydrogens is 218 g/mol. The van der Waals surface area contributed by atoms with Crippen molar-refractivity contribution >= 4 is 5.97 Å². The Morgan fingerprint density at radius 1 is 1.24 bits per heavy atom. The topological polar surface area (TPSA) is 54.3 Å². The van der Waals surface area contributed by atoms with Gasteiger partial charge in [0.05, 0.1) is 0 Å². The van der Waals surface area contributed by atoms with Crippen LogP contribution in [0.25, 0.3) is 5.69 Å². The number of aromatic carboxylic acids is 1. The fourth-order valence-corrected chi connectivity index (χ4v) is 2.16. The van der Waals surface area contributed by atoms with Gasteiger partial charge in [-0.2, -0.15) is 0 Å². The molecule has 1 heterocycles. The molecule has 1 N–H and O–H groups in total. The predicted molar refractivity (Wildman–Crippen MR) is 61.4 cm³/mol. The molecule has 2 aromatic rings. The van der Waals surface area contributed by atoms with Gasteiger partial charge in [-0.15, -0.1) is 4.57 Å². The molecule has 2 rings (SSSR count). The minimum absolute atomic E-state index is 0.0833. The van der Waals surface area contributed by atoms with Crippen molar-refractivity contribution in [2.24, 2.45) is 0 Å². The lowest BCUT2D eigenvalue weighted by Gasteiger charge is -2.04. The van der Waals surface area contributed by atoms with Gasteiger partial charge in [-0.1, -0.05) is 5.56 Å². The zero-order chi connectivity index (χ0) is 12.6. The summed E-state index contributed by atoms with van der Waals surface area (Å²) in [6, 6.07) is 4.04. The smallest absolute Gasteiger partial charge is 0.467 e. The van der Waals surface area contributed by atoms with E-state index in [1.807, 2.05) is 32.9 Å². The first kappa shape index (κ1) is 11.4. The van der Waals surface area contributed by atoms with E-state index in [-0.39, 0.29) is 5.89 Å². The molecule has 0 fully saturated rings. The van der Waals surface area contributed by atoms with E-state index in [0.29, 0.717) is 0 Å². The highest BCUT2D eigenvalue weighted by Gasteiger charge is 2.27. The molecule has 0 aliphatic rings. The maximum Gasteiger partial charge on any atom is 0.467 e. The SMILES string of the molecule is Cc1cc(C)c(-[n+]2ccoc2C(=O)O)c(C)c1. The number of aryl methyl sites for hydroxylation is 3. The Morgan fingerprint density at radius 3 is 2.35 bits per heavy atom. The summed E-state index contributed by atoms with van der Waals surface area (Å²) in [5.74, 6) is -1.16. The second-order valence-electron chi connectivity index (χ2n) is 4.13. The second kappa shape index (κ2) is 4.05. The number of nitrogens with zero attached hydrogens (tertiary/aromatic N) is 1. The lowest BCUT2D eigenvalue weighted by molar-refractivity contribution is -0.603. The summed E-state index contributed by atoms with van der Waals surface area (Å²) in [7, 11) is 0. The molecule has 17 heavy (non-hydrogen) atoms. The first-order valence-corrected chi connectivity index (χ1v) is 5.31. The molecule has 0 aliphatic carbocycles. The molecule has 0 spiro atoms. The van der Waals surface area contributed by atoms with Crippen LogP contribution in [0, 0.1) is 20.8 Å². The van der Waals surface area contributed by atoms with Gasteiger partial charge in [0.2, 0.25) is 11.9 Å². The summed E-state index contributed by atoms with van der Waals surface area (Å²) >= 11 is 0. The van der Waals surface area contributed by atoms with E-state index >= 15 is 0 Å². The molecule has 0 amide bonds. The van der Waals surface area contributed by atoms with Crippen LogP contribution in [0.1, 0.15) is 27.4 Å². The van der Waals surface area contributed by atoms with Crippen molar-refractivity contribution in [1.29, 1.82) is 0 Å². The molecule has 88 valence electrons. The van der Waals surface area contributed by atoms with Crippen LogP contribution < -0.4 is 4.57 Å². The van der Waals surface area contributed by atoms with Crippen LogP contribution in [0.2, 0.25) is 0 Å². The lowest BCUT2D eigenvalue weighted by Crippen LogP contribution is -2.36. The van der Waals surface area contributed by atoms with Crippen LogP contribution >= 0.6 is 0 Å². The number of rotatable bonds is 2. The van der Waals surface area contributed by atoms with Crippen LogP contribution in [0.4, 0.5) is 0 Å². The van der Waals surface area contributed by atoms with Gasteiger partial charge in [-0.3, -0.25) is 0 Å². The highest BCUT2D eigenvalue weighted by molar-refractivity contribution is 5.80. The molecule has 4 nitrogen and oxygen atoms in total. The van der Waals surface area contributed by atoms with Crippen molar-refractivity contribution < 1.29 is 18.9 Å². The van der Waals surface area contributed by atoms with Gasteiger partial charge in [0.1, 0.15) is 0 Å². The van der Waals surface area contributed by atoms with E-state index in [9.17, 15) is 4.79 Å². The summed E-state index contributed by atoms with van der Waals surface area (Å²) in [6.07, 6.45) is 3.00. The Kier molecular flexibility index (Phi) is 2.71. The van der Waals surface area contributed by atoms with Gasteiger partial charge in [0.25, 0.3) is 0 Å². The van der Waals surface area contributed by atoms with Crippen LogP contribution in [-0.4, -0.2) is 11.1 Å². The number of benzene rings is 1. The van der Waals surface area contributed by atoms with Crippen molar-refractivity contribution in [2.75, 3.05) is 0 Å². The minimum atomic E-state index is -1.07. The van der Waals surface area contributed by atoms with Crippen LogP contribution in [0.5, 0.6) is 0 Å². The van der Waals surface area contributed by atoms with Crippen molar-refractivity contribution in [3.63, 3.8) is 0 Å². The summed E-state index contributed by atoms with van der Waals surface area (Å²) in [5, 5.41) is 9.04. The third kappa shape index (κ3) is 1.93. The molecule has 4 heteroatoms. The average Bonchev–Trinajstić information content (AvgIpc) is 2.64. The number of hydrogen-bond donors (Lipinski definition) is 1. The van der Waals surface area contributed by atoms with Crippen molar-refractivity contribution in [1.82, 2.24) is 0 Å². The Hall–Kier alpha value is -2.10. The van der Waals surface area contributed by atoms with Gasteiger partial charge in [-0.05, 0) is 32.9 Å². The van der Waals surface area contributed by atoms with Gasteiger partial charge in [-0.25, -0.2) is 4.79 Å². The van der Waals surface area contributed by atoms with Crippen molar-refractivity contribution in [2.45, 2.75) is 20.8 Å². The number of aromatic nitrogens is 1. The molecule has 0 unspecified atom stereocenters. The molecule has 0 bridgehead atoms. The largest absolute Gasteiger partial charge is 0.471 e. The molecule has 0 saturated carbocycles. The number of carbonyl (C=O) groups is 1. The molecule has 0 aliphatic heterocycles. The van der Waals surface area contributed by atoms with Gasteiger partial charge < -0.3 is 9.52 Å². The van der Waals surface area contributed by atoms with Gasteiger partial charge >= 0.3 is 11.9 Å². The monoisotopic (exact) mass is 232 g/mol. The third-order valence-electron chi connectivity index (χ3n) is 2.67. The first-order valence-electron chi connectivity index (χ1n) is 5.31. The number of carboxylic acid groups (broad SMARTS) is 1. The zero-order valence-electron chi connectivity index (χ0n) is 10.0. The molecule has 1 aromatic carbocycles. The normalized spacial score (nSPS) is 10.5. The van der Waals surface area contributed by atoms with E-state index < -0.39 is 5.97 Å². The lowest BCUT2D eigenvalue weighted by atomic mass is 10.0. The molecular formula is C13H14NO3+. The highest BCUT2D eigenvalue weighted by atomic mass is 16.4. The fourth-order valence-electron chi connectivity index (χ4n) is 2.16. The van der Waals surface area contributed by atoms with Crippen LogP contribution in [0.15, 0.2) is 29.0 Å². The summed E-state index contributed by atoms with van der Waals surface area (Å²) in [6.45, 7) is 5.93. The van der Waals surface area contributed by atoms with E-state index in [0.717, 1.165) is 22.4 Å². The minimum Gasteiger partial charge on any atom is -0.471 e. The summed E-state index contributed by atoms with van der Waals surface area (Å²) < 4.78 is 6.55. The second-order valence-corrected chi connectivity index (χ2v) is 4.13. The molecule has 0 radical (unpaired) electrons. The van der Waals surface area contributed by atoms with Crippen molar-refractivity contribution in [3.8, 4) is 5.69 Å². The maximum absolute atomic E-state index is 11.0. The molecule has 0 atom stereocenters. The Morgan fingerprint density at radius 2 is 1.82 bits per heavy atom. The van der Waals surface area contributed by atoms with Crippen LogP contribution in [-0.2, 0) is 0 Å². The van der Waals surface area contributed by atoms with E-state index in [1.54, 1.807) is 10.8 Å². The summed E-state index contributed by atoms with van der Waals surface area (Å²) in [4.78, 5) is 11.0. The van der Waals surface area contributed by atoms with Gasteiger partial charge in [0.15, 0.2) is 6.26 Å². The van der Waals surface area contributed by atoms with Crippen LogP contribution in [0.3, 0.4) is 0 Å².